The zero-order valence-corrected chi connectivity index (χ0v) is 23.7. The lowest BCUT2D eigenvalue weighted by atomic mass is 9.90. The zero-order valence-electron chi connectivity index (χ0n) is 22.8. The van der Waals surface area contributed by atoms with Crippen LogP contribution in [0.15, 0.2) is 158 Å². The van der Waals surface area contributed by atoms with Crippen LogP contribution in [0.2, 0.25) is 0 Å². The maximum absolute atomic E-state index is 15.3. The summed E-state index contributed by atoms with van der Waals surface area (Å²) >= 11 is 0. The third kappa shape index (κ3) is 3.73. The zero-order chi connectivity index (χ0) is 28.1. The molecule has 2 nitrogen and oxygen atoms in total. The van der Waals surface area contributed by atoms with Crippen LogP contribution < -0.4 is 15.9 Å². The normalized spacial score (nSPS) is 11.9. The fourth-order valence-electron chi connectivity index (χ4n) is 6.39. The average Bonchev–Trinajstić information content (AvgIpc) is 3.08. The second kappa shape index (κ2) is 9.80. The molecule has 198 valence electrons. The Kier molecular flexibility index (Phi) is 5.77. The Bertz CT molecular complexity index is 2270. The molecule has 0 aliphatic rings. The highest BCUT2D eigenvalue weighted by atomic mass is 31.2. The van der Waals surface area contributed by atoms with Gasteiger partial charge in [-0.05, 0) is 33.7 Å². The average molecular weight is 556 g/mol. The maximum Gasteiger partial charge on any atom is 0.171 e. The van der Waals surface area contributed by atoms with Gasteiger partial charge in [-0.2, -0.15) is 0 Å². The summed E-state index contributed by atoms with van der Waals surface area (Å²) in [5, 5.41) is 10.4. The summed E-state index contributed by atoms with van der Waals surface area (Å²) in [5.41, 5.74) is 3.01. The predicted octanol–water partition coefficient (Wildman–Crippen LogP) is 9.00. The predicted molar refractivity (Wildman–Crippen MR) is 179 cm³/mol. The SMILES string of the molecule is O=P(c1ccccc1)(c1ccccc1)c1ccc2c(c1)c1ccccc1c1c3ccccc3nc(-c3ccccc3)c21. The number of benzene rings is 7. The van der Waals surface area contributed by atoms with Crippen LogP contribution in [-0.4, -0.2) is 4.98 Å². The van der Waals surface area contributed by atoms with E-state index in [0.29, 0.717) is 0 Å². The summed E-state index contributed by atoms with van der Waals surface area (Å²) < 4.78 is 15.3. The molecule has 8 rings (SSSR count). The summed E-state index contributed by atoms with van der Waals surface area (Å²) in [7, 11) is -3.14. The molecule has 1 aromatic heterocycles. The number of fused-ring (bicyclic) bond motifs is 8. The van der Waals surface area contributed by atoms with Crippen molar-refractivity contribution in [2.75, 3.05) is 0 Å². The highest BCUT2D eigenvalue weighted by molar-refractivity contribution is 7.85. The molecule has 0 atom stereocenters. The second-order valence-corrected chi connectivity index (χ2v) is 13.4. The molecule has 0 unspecified atom stereocenters. The second-order valence-electron chi connectivity index (χ2n) is 10.6. The van der Waals surface area contributed by atoms with E-state index in [1.54, 1.807) is 0 Å². The van der Waals surface area contributed by atoms with Gasteiger partial charge < -0.3 is 4.57 Å². The Balaban J connectivity index is 1.55. The molecule has 0 spiro atoms. The monoisotopic (exact) mass is 555 g/mol. The first kappa shape index (κ1) is 24.7. The molecule has 0 bridgehead atoms. The van der Waals surface area contributed by atoms with Crippen LogP contribution in [0.1, 0.15) is 0 Å². The smallest absolute Gasteiger partial charge is 0.171 e. The standard InChI is InChI=1S/C39H26NOP/c41-42(28-16-6-2-7-17-28,29-18-8-3-9-19-29)30-24-25-33-35(26-30)31-20-10-11-21-32(31)37-34-22-12-13-23-36(34)40-39(38(33)37)27-14-4-1-5-15-27/h1-26H. The Hall–Kier alpha value is -5.04. The number of para-hydroxylation sites is 1. The molecule has 7 aromatic carbocycles. The van der Waals surface area contributed by atoms with Gasteiger partial charge in [0.2, 0.25) is 0 Å². The summed E-state index contributed by atoms with van der Waals surface area (Å²) in [6, 6.07) is 53.6. The van der Waals surface area contributed by atoms with Crippen LogP contribution in [-0.2, 0) is 4.57 Å². The van der Waals surface area contributed by atoms with E-state index in [1.165, 1.54) is 10.8 Å². The molecule has 8 aromatic rings. The van der Waals surface area contributed by atoms with Crippen molar-refractivity contribution in [1.29, 1.82) is 0 Å². The topological polar surface area (TPSA) is 30.0 Å². The van der Waals surface area contributed by atoms with Crippen molar-refractivity contribution < 1.29 is 4.57 Å². The van der Waals surface area contributed by atoms with Crippen molar-refractivity contribution in [3.05, 3.63) is 158 Å². The molecular weight excluding hydrogens is 529 g/mol. The third-order valence-electron chi connectivity index (χ3n) is 8.30. The molecule has 0 amide bonds. The Morgan fingerprint density at radius 2 is 0.929 bits per heavy atom. The lowest BCUT2D eigenvalue weighted by Crippen LogP contribution is -2.24. The van der Waals surface area contributed by atoms with Crippen molar-refractivity contribution >= 4 is 66.3 Å². The molecule has 0 fully saturated rings. The molecule has 1 heterocycles. The number of rotatable bonds is 4. The van der Waals surface area contributed by atoms with E-state index in [1.807, 2.05) is 66.7 Å². The summed E-state index contributed by atoms with van der Waals surface area (Å²) in [4.78, 5) is 5.24. The highest BCUT2D eigenvalue weighted by Crippen LogP contribution is 2.46. The maximum atomic E-state index is 15.3. The van der Waals surface area contributed by atoms with Gasteiger partial charge in [0.1, 0.15) is 0 Å². The van der Waals surface area contributed by atoms with Crippen molar-refractivity contribution in [2.24, 2.45) is 0 Å². The lowest BCUT2D eigenvalue weighted by Gasteiger charge is -2.22. The van der Waals surface area contributed by atoms with Gasteiger partial charge in [0.15, 0.2) is 7.14 Å². The molecular formula is C39H26NOP. The van der Waals surface area contributed by atoms with Gasteiger partial charge in [-0.3, -0.25) is 0 Å². The van der Waals surface area contributed by atoms with Crippen molar-refractivity contribution in [3.63, 3.8) is 0 Å². The van der Waals surface area contributed by atoms with E-state index in [0.717, 1.165) is 59.6 Å². The summed E-state index contributed by atoms with van der Waals surface area (Å²) in [6.45, 7) is 0. The van der Waals surface area contributed by atoms with Gasteiger partial charge in [-0.25, -0.2) is 4.98 Å². The van der Waals surface area contributed by atoms with Crippen LogP contribution in [0.5, 0.6) is 0 Å². The molecule has 0 saturated carbocycles. The molecule has 0 aliphatic carbocycles. The minimum absolute atomic E-state index is 0.826. The van der Waals surface area contributed by atoms with E-state index >= 15 is 4.57 Å². The number of hydrogen-bond acceptors (Lipinski definition) is 2. The van der Waals surface area contributed by atoms with Gasteiger partial charge in [-0.1, -0.05) is 146 Å². The Morgan fingerprint density at radius 1 is 0.405 bits per heavy atom. The van der Waals surface area contributed by atoms with Crippen LogP contribution in [0.3, 0.4) is 0 Å². The summed E-state index contributed by atoms with van der Waals surface area (Å²) in [6.07, 6.45) is 0. The first-order chi connectivity index (χ1) is 20.7. The fourth-order valence-corrected chi connectivity index (χ4v) is 9.06. The van der Waals surface area contributed by atoms with Gasteiger partial charge in [0.05, 0.1) is 11.2 Å². The third-order valence-corrected chi connectivity index (χ3v) is 11.4. The van der Waals surface area contributed by atoms with Crippen LogP contribution >= 0.6 is 7.14 Å². The molecule has 0 N–H and O–H groups in total. The van der Waals surface area contributed by atoms with Crippen molar-refractivity contribution in [1.82, 2.24) is 4.98 Å². The van der Waals surface area contributed by atoms with E-state index in [4.69, 9.17) is 4.98 Å². The number of pyridine rings is 1. The number of nitrogens with zero attached hydrogens (tertiary/aromatic N) is 1. The number of hydrogen-bond donors (Lipinski definition) is 0. The van der Waals surface area contributed by atoms with E-state index in [2.05, 4.69) is 91.0 Å². The van der Waals surface area contributed by atoms with E-state index in [9.17, 15) is 0 Å². The van der Waals surface area contributed by atoms with Crippen LogP contribution in [0.4, 0.5) is 0 Å². The molecule has 0 aliphatic heterocycles. The molecule has 0 saturated heterocycles. The first-order valence-corrected chi connectivity index (χ1v) is 15.9. The van der Waals surface area contributed by atoms with Crippen molar-refractivity contribution in [3.8, 4) is 11.3 Å². The van der Waals surface area contributed by atoms with E-state index in [-0.39, 0.29) is 0 Å². The Labute approximate surface area is 244 Å². The van der Waals surface area contributed by atoms with E-state index < -0.39 is 7.14 Å². The molecule has 0 radical (unpaired) electrons. The quantitative estimate of drug-likeness (QED) is 0.160. The molecule has 42 heavy (non-hydrogen) atoms. The first-order valence-electron chi connectivity index (χ1n) is 14.2. The lowest BCUT2D eigenvalue weighted by molar-refractivity contribution is 0.592. The van der Waals surface area contributed by atoms with Crippen LogP contribution in [0.25, 0.3) is 54.5 Å². The minimum atomic E-state index is -3.14. The Morgan fingerprint density at radius 3 is 1.60 bits per heavy atom. The summed E-state index contributed by atoms with van der Waals surface area (Å²) in [5.74, 6) is 0. The van der Waals surface area contributed by atoms with Gasteiger partial charge >= 0.3 is 0 Å². The minimum Gasteiger partial charge on any atom is -0.309 e. The number of aromatic nitrogens is 1. The molecule has 3 heteroatoms. The largest absolute Gasteiger partial charge is 0.309 e. The van der Waals surface area contributed by atoms with Crippen LogP contribution in [0, 0.1) is 0 Å². The van der Waals surface area contributed by atoms with Gasteiger partial charge in [0, 0.05) is 37.6 Å². The van der Waals surface area contributed by atoms with Gasteiger partial charge in [-0.15, -0.1) is 0 Å². The van der Waals surface area contributed by atoms with Crippen molar-refractivity contribution in [2.45, 2.75) is 0 Å². The highest BCUT2D eigenvalue weighted by Gasteiger charge is 2.30. The van der Waals surface area contributed by atoms with Gasteiger partial charge in [0.25, 0.3) is 0 Å². The fraction of sp³-hybridized carbons (Fsp3) is 0.